The van der Waals surface area contributed by atoms with E-state index in [4.69, 9.17) is 15.2 Å². The number of fused-ring (bicyclic) bond motifs is 1. The van der Waals surface area contributed by atoms with E-state index in [0.29, 0.717) is 54.1 Å². The van der Waals surface area contributed by atoms with E-state index >= 15 is 0 Å². The van der Waals surface area contributed by atoms with Crippen molar-refractivity contribution in [2.24, 2.45) is 5.92 Å². The number of hydrogen-bond acceptors (Lipinski definition) is 8. The minimum Gasteiger partial charge on any atom is -0.492 e. The van der Waals surface area contributed by atoms with E-state index in [-0.39, 0.29) is 16.8 Å². The quantitative estimate of drug-likeness (QED) is 0.250. The Kier molecular flexibility index (Phi) is 7.82. The predicted octanol–water partition coefficient (Wildman–Crippen LogP) is 4.27. The van der Waals surface area contributed by atoms with Crippen LogP contribution in [0.25, 0.3) is 26.5 Å². The van der Waals surface area contributed by atoms with Crippen LogP contribution in [-0.4, -0.2) is 52.9 Å². The molecule has 2 aromatic carbocycles. The van der Waals surface area contributed by atoms with Gasteiger partial charge in [-0.15, -0.1) is 11.3 Å². The molecule has 5 aromatic rings. The average Bonchev–Trinajstić information content (AvgIpc) is 3.31. The lowest BCUT2D eigenvalue weighted by atomic mass is 10.1. The molecule has 0 unspecified atom stereocenters. The Bertz CT molecular complexity index is 1890. The van der Waals surface area contributed by atoms with Crippen LogP contribution in [0.3, 0.4) is 0 Å². The Balaban J connectivity index is 1.58. The number of aromatic nitrogens is 3. The van der Waals surface area contributed by atoms with Crippen molar-refractivity contribution in [2.45, 2.75) is 13.1 Å². The predicted molar refractivity (Wildman–Crippen MR) is 162 cm³/mol. The molecule has 222 valence electrons. The van der Waals surface area contributed by atoms with E-state index in [2.05, 4.69) is 4.98 Å². The van der Waals surface area contributed by atoms with Gasteiger partial charge >= 0.3 is 5.69 Å². The summed E-state index contributed by atoms with van der Waals surface area (Å²) in [6.45, 7) is 1.67. The number of hydrogen-bond donors (Lipinski definition) is 1. The molecule has 12 heteroatoms. The molecule has 6 rings (SSSR count). The maximum absolute atomic E-state index is 14.9. The van der Waals surface area contributed by atoms with Gasteiger partial charge in [0.2, 0.25) is 0 Å². The molecule has 0 amide bonds. The number of pyridine rings is 1. The van der Waals surface area contributed by atoms with Crippen LogP contribution in [0.2, 0.25) is 0 Å². The standard InChI is InChI=1S/C31H29F2N5O4S/c1-36(2)13-23-27-29(39)38(26-11-10-21(12-35-26)42-17-18-15-41-16-18)31(40)37(14-22-24(32)4-3-5-25(22)33)30(27)43-28(23)19-6-8-20(34)9-7-19/h3-12,18H,13-17,34H2,1-2H3. The van der Waals surface area contributed by atoms with Crippen LogP contribution in [0, 0.1) is 17.6 Å². The molecule has 0 radical (unpaired) electrons. The number of halogens is 2. The third-order valence-corrected chi connectivity index (χ3v) is 8.54. The number of thiophene rings is 1. The first-order chi connectivity index (χ1) is 20.7. The van der Waals surface area contributed by atoms with Gasteiger partial charge in [0.15, 0.2) is 0 Å². The molecule has 43 heavy (non-hydrogen) atoms. The summed E-state index contributed by atoms with van der Waals surface area (Å²) in [6.07, 6.45) is 1.44. The van der Waals surface area contributed by atoms with E-state index in [9.17, 15) is 18.4 Å². The van der Waals surface area contributed by atoms with Gasteiger partial charge in [0.25, 0.3) is 5.56 Å². The van der Waals surface area contributed by atoms with Crippen molar-refractivity contribution in [1.29, 1.82) is 0 Å². The van der Waals surface area contributed by atoms with Crippen molar-refractivity contribution in [3.05, 3.63) is 104 Å². The maximum atomic E-state index is 14.9. The molecule has 1 fully saturated rings. The normalized spacial score (nSPS) is 13.5. The van der Waals surface area contributed by atoms with Gasteiger partial charge in [0.05, 0.1) is 37.9 Å². The zero-order valence-electron chi connectivity index (χ0n) is 23.5. The molecule has 1 saturated heterocycles. The number of nitrogen functional groups attached to an aromatic ring is 1. The molecule has 1 aliphatic heterocycles. The van der Waals surface area contributed by atoms with Crippen LogP contribution >= 0.6 is 11.3 Å². The van der Waals surface area contributed by atoms with Crippen molar-refractivity contribution < 1.29 is 18.3 Å². The van der Waals surface area contributed by atoms with Crippen LogP contribution in [-0.2, 0) is 17.8 Å². The van der Waals surface area contributed by atoms with Crippen LogP contribution < -0.4 is 21.7 Å². The van der Waals surface area contributed by atoms with Gasteiger partial charge < -0.3 is 20.1 Å². The molecule has 3 aromatic heterocycles. The Morgan fingerprint density at radius 1 is 1.05 bits per heavy atom. The zero-order chi connectivity index (χ0) is 30.2. The summed E-state index contributed by atoms with van der Waals surface area (Å²) >= 11 is 1.22. The maximum Gasteiger partial charge on any atom is 0.338 e. The van der Waals surface area contributed by atoms with Gasteiger partial charge in [0.1, 0.15) is 28.0 Å². The summed E-state index contributed by atoms with van der Waals surface area (Å²) in [7, 11) is 3.74. The zero-order valence-corrected chi connectivity index (χ0v) is 24.4. The summed E-state index contributed by atoms with van der Waals surface area (Å²) in [5.41, 5.74) is 6.34. The Morgan fingerprint density at radius 3 is 2.37 bits per heavy atom. The van der Waals surface area contributed by atoms with Crippen molar-refractivity contribution in [1.82, 2.24) is 19.0 Å². The van der Waals surface area contributed by atoms with Crippen LogP contribution in [0.5, 0.6) is 5.75 Å². The van der Waals surface area contributed by atoms with Crippen molar-refractivity contribution >= 4 is 27.2 Å². The second-order valence-corrected chi connectivity index (χ2v) is 11.7. The first-order valence-corrected chi connectivity index (χ1v) is 14.4. The fourth-order valence-corrected chi connectivity index (χ4v) is 6.27. The van der Waals surface area contributed by atoms with E-state index in [1.54, 1.807) is 18.2 Å². The second kappa shape index (κ2) is 11.7. The summed E-state index contributed by atoms with van der Waals surface area (Å²) in [4.78, 5) is 35.6. The highest BCUT2D eigenvalue weighted by Gasteiger charge is 2.26. The summed E-state index contributed by atoms with van der Waals surface area (Å²) in [6, 6.07) is 13.9. The highest BCUT2D eigenvalue weighted by molar-refractivity contribution is 7.22. The van der Waals surface area contributed by atoms with Crippen molar-refractivity contribution in [2.75, 3.05) is 39.6 Å². The molecule has 0 spiro atoms. The van der Waals surface area contributed by atoms with E-state index in [0.717, 1.165) is 27.1 Å². The van der Waals surface area contributed by atoms with Gasteiger partial charge in [-0.3, -0.25) is 9.36 Å². The van der Waals surface area contributed by atoms with Crippen molar-refractivity contribution in [3.63, 3.8) is 0 Å². The summed E-state index contributed by atoms with van der Waals surface area (Å²) < 4.78 is 42.9. The highest BCUT2D eigenvalue weighted by Crippen LogP contribution is 2.38. The summed E-state index contributed by atoms with van der Waals surface area (Å²) in [5, 5.41) is 0.272. The van der Waals surface area contributed by atoms with E-state index in [1.165, 1.54) is 34.2 Å². The fourth-order valence-electron chi connectivity index (χ4n) is 4.97. The molecule has 1 aliphatic rings. The van der Waals surface area contributed by atoms with Crippen LogP contribution in [0.4, 0.5) is 14.5 Å². The Morgan fingerprint density at radius 2 is 1.77 bits per heavy atom. The molecule has 0 atom stereocenters. The molecular formula is C31H29F2N5O4S. The van der Waals surface area contributed by atoms with Gasteiger partial charge in [0, 0.05) is 28.6 Å². The minimum absolute atomic E-state index is 0.0648. The van der Waals surface area contributed by atoms with Gasteiger partial charge in [-0.2, -0.15) is 0 Å². The lowest BCUT2D eigenvalue weighted by molar-refractivity contribution is -0.0508. The molecular weight excluding hydrogens is 576 g/mol. The number of nitrogens with zero attached hydrogens (tertiary/aromatic N) is 4. The molecule has 0 aliphatic carbocycles. The van der Waals surface area contributed by atoms with Gasteiger partial charge in [-0.1, -0.05) is 18.2 Å². The monoisotopic (exact) mass is 605 g/mol. The van der Waals surface area contributed by atoms with E-state index < -0.39 is 29.4 Å². The number of nitrogens with two attached hydrogens (primary N) is 1. The van der Waals surface area contributed by atoms with Crippen molar-refractivity contribution in [3.8, 4) is 22.0 Å². The third-order valence-electron chi connectivity index (χ3n) is 7.24. The SMILES string of the molecule is CN(C)Cc1c(-c2ccc(N)cc2)sc2c1c(=O)n(-c1ccc(OCC3COC3)cn1)c(=O)n2Cc1c(F)cccc1F. The van der Waals surface area contributed by atoms with Crippen LogP contribution in [0.15, 0.2) is 70.4 Å². The molecule has 9 nitrogen and oxygen atoms in total. The number of ether oxygens (including phenoxy) is 2. The van der Waals surface area contributed by atoms with Gasteiger partial charge in [-0.25, -0.2) is 23.1 Å². The topological polar surface area (TPSA) is 105 Å². The number of rotatable bonds is 9. The number of benzene rings is 2. The minimum atomic E-state index is -0.793. The Labute approximate surface area is 249 Å². The molecule has 2 N–H and O–H groups in total. The lowest BCUT2D eigenvalue weighted by Gasteiger charge is -2.25. The molecule has 0 saturated carbocycles. The van der Waals surface area contributed by atoms with E-state index in [1.807, 2.05) is 31.1 Å². The average molecular weight is 606 g/mol. The number of anilines is 1. The summed E-state index contributed by atoms with van der Waals surface area (Å²) in [5.74, 6) is -0.737. The first-order valence-electron chi connectivity index (χ1n) is 13.6. The lowest BCUT2D eigenvalue weighted by Crippen LogP contribution is -2.39. The molecule has 4 heterocycles. The molecule has 0 bridgehead atoms. The third kappa shape index (κ3) is 5.56. The second-order valence-electron chi connectivity index (χ2n) is 10.7. The van der Waals surface area contributed by atoms with Crippen LogP contribution in [0.1, 0.15) is 11.1 Å². The highest BCUT2D eigenvalue weighted by atomic mass is 32.1. The largest absolute Gasteiger partial charge is 0.492 e. The smallest absolute Gasteiger partial charge is 0.338 e. The first kappa shape index (κ1) is 28.7. The van der Waals surface area contributed by atoms with Gasteiger partial charge in [-0.05, 0) is 61.6 Å². The Hall–Kier alpha value is -4.39. The fraction of sp³-hybridized carbons (Fsp3) is 0.258.